The van der Waals surface area contributed by atoms with Gasteiger partial charge in [-0.25, -0.2) is 4.79 Å². The highest BCUT2D eigenvalue weighted by atomic mass is 16.5. The summed E-state index contributed by atoms with van der Waals surface area (Å²) in [6.45, 7) is 8.95. The summed E-state index contributed by atoms with van der Waals surface area (Å²) >= 11 is 0. The van der Waals surface area contributed by atoms with Gasteiger partial charge in [-0.15, -0.1) is 0 Å². The lowest BCUT2D eigenvalue weighted by Gasteiger charge is -2.37. The van der Waals surface area contributed by atoms with Gasteiger partial charge in [-0.05, 0) is 30.0 Å². The first kappa shape index (κ1) is 16.0. The Kier molecular flexibility index (Phi) is 5.76. The van der Waals surface area contributed by atoms with Crippen LogP contribution in [0.2, 0.25) is 0 Å². The van der Waals surface area contributed by atoms with Crippen molar-refractivity contribution in [2.45, 2.75) is 26.3 Å². The van der Waals surface area contributed by atoms with E-state index < -0.39 is 0 Å². The molecule has 21 heavy (non-hydrogen) atoms. The van der Waals surface area contributed by atoms with E-state index in [1.165, 1.54) is 12.7 Å². The van der Waals surface area contributed by atoms with Crippen LogP contribution < -0.4 is 5.32 Å². The largest absolute Gasteiger partial charge is 0.465 e. The number of hydrogen-bond acceptors (Lipinski definition) is 4. The van der Waals surface area contributed by atoms with Gasteiger partial charge in [0.25, 0.3) is 0 Å². The van der Waals surface area contributed by atoms with E-state index >= 15 is 0 Å². The van der Waals surface area contributed by atoms with Crippen molar-refractivity contribution in [1.82, 2.24) is 10.2 Å². The summed E-state index contributed by atoms with van der Waals surface area (Å²) in [7, 11) is 1.41. The van der Waals surface area contributed by atoms with Gasteiger partial charge in [0, 0.05) is 32.2 Å². The number of rotatable bonds is 5. The molecule has 2 rings (SSSR count). The van der Waals surface area contributed by atoms with Crippen LogP contribution in [0.15, 0.2) is 24.3 Å². The molecule has 116 valence electrons. The number of carbonyl (C=O) groups excluding carboxylic acids is 1. The molecule has 0 aromatic heterocycles. The standard InChI is InChI=1S/C17H26N2O2/c1-13(2)16(19-10-8-18-9-11-19)12-14-4-6-15(7-5-14)17(20)21-3/h4-7,13,16,18H,8-12H2,1-3H3. The molecule has 1 unspecified atom stereocenters. The van der Waals surface area contributed by atoms with Crippen molar-refractivity contribution in [3.8, 4) is 0 Å². The maximum absolute atomic E-state index is 11.5. The second-order valence-electron chi connectivity index (χ2n) is 5.99. The average molecular weight is 290 g/mol. The van der Waals surface area contributed by atoms with Gasteiger partial charge in [0.2, 0.25) is 0 Å². The molecular weight excluding hydrogens is 264 g/mol. The van der Waals surface area contributed by atoms with Crippen molar-refractivity contribution in [3.05, 3.63) is 35.4 Å². The van der Waals surface area contributed by atoms with E-state index in [0.29, 0.717) is 17.5 Å². The Balaban J connectivity index is 2.04. The molecule has 1 saturated heterocycles. The molecule has 0 bridgehead atoms. The highest BCUT2D eigenvalue weighted by Crippen LogP contribution is 2.18. The van der Waals surface area contributed by atoms with Crippen LogP contribution >= 0.6 is 0 Å². The second kappa shape index (κ2) is 7.57. The van der Waals surface area contributed by atoms with Gasteiger partial charge >= 0.3 is 5.97 Å². The van der Waals surface area contributed by atoms with E-state index in [2.05, 4.69) is 24.1 Å². The van der Waals surface area contributed by atoms with Crippen LogP contribution in [0, 0.1) is 5.92 Å². The summed E-state index contributed by atoms with van der Waals surface area (Å²) in [4.78, 5) is 14.0. The molecule has 1 aromatic carbocycles. The molecule has 1 heterocycles. The van der Waals surface area contributed by atoms with Gasteiger partial charge < -0.3 is 10.1 Å². The first-order valence-corrected chi connectivity index (χ1v) is 7.74. The predicted molar refractivity (Wildman–Crippen MR) is 84.6 cm³/mol. The molecule has 0 amide bonds. The van der Waals surface area contributed by atoms with Crippen LogP contribution in [0.3, 0.4) is 0 Å². The van der Waals surface area contributed by atoms with Crippen LogP contribution in [-0.2, 0) is 11.2 Å². The van der Waals surface area contributed by atoms with E-state index in [1.54, 1.807) is 0 Å². The topological polar surface area (TPSA) is 41.6 Å². The summed E-state index contributed by atoms with van der Waals surface area (Å²) in [5.41, 5.74) is 1.89. The third kappa shape index (κ3) is 4.29. The summed E-state index contributed by atoms with van der Waals surface area (Å²) in [6, 6.07) is 8.36. The van der Waals surface area contributed by atoms with Crippen molar-refractivity contribution in [1.29, 1.82) is 0 Å². The highest BCUT2D eigenvalue weighted by Gasteiger charge is 2.23. The lowest BCUT2D eigenvalue weighted by atomic mass is 9.94. The normalized spacial score (nSPS) is 17.7. The SMILES string of the molecule is COC(=O)c1ccc(CC(C(C)C)N2CCNCC2)cc1. The molecule has 1 fully saturated rings. The molecule has 0 spiro atoms. The molecule has 0 radical (unpaired) electrons. The van der Waals surface area contributed by atoms with E-state index in [0.717, 1.165) is 32.6 Å². The number of benzene rings is 1. The van der Waals surface area contributed by atoms with Crippen molar-refractivity contribution in [2.24, 2.45) is 5.92 Å². The molecule has 1 aliphatic rings. The van der Waals surface area contributed by atoms with Crippen molar-refractivity contribution in [2.75, 3.05) is 33.3 Å². The number of piperazine rings is 1. The molecule has 1 aliphatic heterocycles. The zero-order chi connectivity index (χ0) is 15.2. The molecule has 1 atom stereocenters. The van der Waals surface area contributed by atoms with Gasteiger partial charge in [-0.3, -0.25) is 4.90 Å². The molecule has 4 nitrogen and oxygen atoms in total. The second-order valence-corrected chi connectivity index (χ2v) is 5.99. The number of ether oxygens (including phenoxy) is 1. The minimum Gasteiger partial charge on any atom is -0.465 e. The van der Waals surface area contributed by atoms with Crippen LogP contribution in [0.25, 0.3) is 0 Å². The van der Waals surface area contributed by atoms with Gasteiger partial charge in [-0.1, -0.05) is 26.0 Å². The molecule has 0 saturated carbocycles. The molecule has 1 N–H and O–H groups in total. The summed E-state index contributed by atoms with van der Waals surface area (Å²) in [6.07, 6.45) is 1.03. The smallest absolute Gasteiger partial charge is 0.337 e. The maximum Gasteiger partial charge on any atom is 0.337 e. The lowest BCUT2D eigenvalue weighted by Crippen LogP contribution is -2.50. The fourth-order valence-electron chi connectivity index (χ4n) is 2.94. The van der Waals surface area contributed by atoms with Crippen LogP contribution in [-0.4, -0.2) is 50.2 Å². The molecule has 0 aliphatic carbocycles. The van der Waals surface area contributed by atoms with Gasteiger partial charge in [0.1, 0.15) is 0 Å². The maximum atomic E-state index is 11.5. The van der Waals surface area contributed by atoms with Crippen LogP contribution in [0.1, 0.15) is 29.8 Å². The zero-order valence-electron chi connectivity index (χ0n) is 13.3. The number of nitrogens with one attached hydrogen (secondary N) is 1. The van der Waals surface area contributed by atoms with Gasteiger partial charge in [-0.2, -0.15) is 0 Å². The van der Waals surface area contributed by atoms with E-state index in [-0.39, 0.29) is 5.97 Å². The summed E-state index contributed by atoms with van der Waals surface area (Å²) in [5, 5.41) is 3.41. The number of methoxy groups -OCH3 is 1. The fraction of sp³-hybridized carbons (Fsp3) is 0.588. The first-order valence-electron chi connectivity index (χ1n) is 7.74. The van der Waals surface area contributed by atoms with Crippen molar-refractivity contribution < 1.29 is 9.53 Å². The van der Waals surface area contributed by atoms with E-state index in [1.807, 2.05) is 24.3 Å². The Labute approximate surface area is 127 Å². The number of nitrogens with zero attached hydrogens (tertiary/aromatic N) is 1. The number of hydrogen-bond donors (Lipinski definition) is 1. The van der Waals surface area contributed by atoms with Crippen molar-refractivity contribution in [3.63, 3.8) is 0 Å². The van der Waals surface area contributed by atoms with Crippen LogP contribution in [0.4, 0.5) is 0 Å². The molecular formula is C17H26N2O2. The minimum absolute atomic E-state index is 0.274. The first-order chi connectivity index (χ1) is 10.1. The Morgan fingerprint density at radius 2 is 1.86 bits per heavy atom. The lowest BCUT2D eigenvalue weighted by molar-refractivity contribution is 0.0600. The molecule has 4 heteroatoms. The summed E-state index contributed by atoms with van der Waals surface area (Å²) in [5.74, 6) is 0.340. The average Bonchev–Trinajstić information content (AvgIpc) is 2.53. The van der Waals surface area contributed by atoms with Crippen LogP contribution in [0.5, 0.6) is 0 Å². The van der Waals surface area contributed by atoms with E-state index in [4.69, 9.17) is 4.74 Å². The third-order valence-corrected chi connectivity index (χ3v) is 4.21. The van der Waals surface area contributed by atoms with Gasteiger partial charge in [0.05, 0.1) is 12.7 Å². The quantitative estimate of drug-likeness (QED) is 0.842. The Morgan fingerprint density at radius 1 is 1.24 bits per heavy atom. The van der Waals surface area contributed by atoms with Gasteiger partial charge in [0.15, 0.2) is 0 Å². The third-order valence-electron chi connectivity index (χ3n) is 4.21. The Hall–Kier alpha value is -1.39. The van der Waals surface area contributed by atoms with E-state index in [9.17, 15) is 4.79 Å². The Bertz CT molecular complexity index is 450. The zero-order valence-corrected chi connectivity index (χ0v) is 13.3. The predicted octanol–water partition coefficient (Wildman–Crippen LogP) is 1.95. The number of carbonyl (C=O) groups is 1. The monoisotopic (exact) mass is 290 g/mol. The van der Waals surface area contributed by atoms with Crippen molar-refractivity contribution >= 4 is 5.97 Å². The Morgan fingerprint density at radius 3 is 2.38 bits per heavy atom. The number of esters is 1. The minimum atomic E-state index is -0.274. The molecule has 1 aromatic rings. The highest BCUT2D eigenvalue weighted by molar-refractivity contribution is 5.89. The fourth-order valence-corrected chi connectivity index (χ4v) is 2.94. The summed E-state index contributed by atoms with van der Waals surface area (Å²) < 4.78 is 4.74.